The van der Waals surface area contributed by atoms with E-state index in [0.29, 0.717) is 6.54 Å². The Hall–Kier alpha value is -2.52. The van der Waals surface area contributed by atoms with E-state index in [1.165, 1.54) is 29.4 Å². The van der Waals surface area contributed by atoms with Crippen LogP contribution in [0.3, 0.4) is 0 Å². The summed E-state index contributed by atoms with van der Waals surface area (Å²) in [6.45, 7) is 2.53. The molecule has 0 fully saturated rings. The fraction of sp³-hybridized carbons (Fsp3) is 0.235. The number of carbonyl (C=O) groups is 1. The maximum atomic E-state index is 12.8. The van der Waals surface area contributed by atoms with Crippen molar-refractivity contribution in [2.75, 3.05) is 17.2 Å². The van der Waals surface area contributed by atoms with E-state index in [9.17, 15) is 4.79 Å². The quantitative estimate of drug-likeness (QED) is 0.389. The summed E-state index contributed by atoms with van der Waals surface area (Å²) in [5.74, 6) is 0.289. The molecule has 7 nitrogen and oxygen atoms in total. The fourth-order valence-electron chi connectivity index (χ4n) is 2.66. The molecule has 0 saturated heterocycles. The van der Waals surface area contributed by atoms with Crippen LogP contribution in [-0.2, 0) is 11.8 Å². The largest absolute Gasteiger partial charge is 0.288 e. The van der Waals surface area contributed by atoms with Crippen LogP contribution in [-0.4, -0.2) is 42.9 Å². The van der Waals surface area contributed by atoms with Crippen LogP contribution in [0.5, 0.6) is 0 Å². The van der Waals surface area contributed by atoms with Crippen molar-refractivity contribution in [3.05, 3.63) is 36.8 Å². The second-order valence-corrected chi connectivity index (χ2v) is 7.55. The molecule has 0 aliphatic rings. The first-order chi connectivity index (χ1) is 12.7. The SMILES string of the molecule is CCN(C(=O)CSc1ncnc2c1cnn2C)c1nc2ccccc2s1. The minimum absolute atomic E-state index is 0.00667. The lowest BCUT2D eigenvalue weighted by atomic mass is 10.3. The number of thioether (sulfide) groups is 1. The standard InChI is InChI=1S/C17H16N6OS2/c1-3-23(17-21-12-6-4-5-7-13(12)26-17)14(24)9-25-16-11-8-20-22(2)15(11)18-10-19-16/h4-8,10H,3,9H2,1-2H3. The molecule has 0 aliphatic carbocycles. The molecule has 0 spiro atoms. The maximum Gasteiger partial charge on any atom is 0.239 e. The third kappa shape index (κ3) is 3.04. The van der Waals surface area contributed by atoms with Crippen molar-refractivity contribution >= 4 is 55.4 Å². The number of fused-ring (bicyclic) bond motifs is 2. The minimum Gasteiger partial charge on any atom is -0.288 e. The number of carbonyl (C=O) groups excluding carboxylic acids is 1. The number of hydrogen-bond acceptors (Lipinski definition) is 7. The van der Waals surface area contributed by atoms with Gasteiger partial charge in [0.25, 0.3) is 0 Å². The van der Waals surface area contributed by atoms with Crippen LogP contribution < -0.4 is 4.90 Å². The highest BCUT2D eigenvalue weighted by atomic mass is 32.2. The van der Waals surface area contributed by atoms with E-state index in [0.717, 1.165) is 31.4 Å². The van der Waals surface area contributed by atoms with E-state index in [4.69, 9.17) is 0 Å². The Morgan fingerprint density at radius 1 is 1.31 bits per heavy atom. The zero-order valence-electron chi connectivity index (χ0n) is 14.3. The zero-order chi connectivity index (χ0) is 18.1. The first kappa shape index (κ1) is 16.9. The average molecular weight is 384 g/mol. The monoisotopic (exact) mass is 384 g/mol. The number of benzene rings is 1. The Morgan fingerprint density at radius 3 is 2.96 bits per heavy atom. The minimum atomic E-state index is 0.00667. The highest BCUT2D eigenvalue weighted by molar-refractivity contribution is 8.00. The average Bonchev–Trinajstić information content (AvgIpc) is 3.24. The smallest absolute Gasteiger partial charge is 0.239 e. The molecule has 1 amide bonds. The summed E-state index contributed by atoms with van der Waals surface area (Å²) in [5, 5.41) is 6.55. The van der Waals surface area contributed by atoms with Crippen LogP contribution in [0.4, 0.5) is 5.13 Å². The van der Waals surface area contributed by atoms with Gasteiger partial charge in [-0.2, -0.15) is 5.10 Å². The van der Waals surface area contributed by atoms with Crippen molar-refractivity contribution in [2.24, 2.45) is 7.05 Å². The summed E-state index contributed by atoms with van der Waals surface area (Å²) in [7, 11) is 1.83. The van der Waals surface area contributed by atoms with Crippen LogP contribution in [0.25, 0.3) is 21.3 Å². The summed E-state index contributed by atoms with van der Waals surface area (Å²) in [6, 6.07) is 7.91. The molecule has 0 aliphatic heterocycles. The van der Waals surface area contributed by atoms with Crippen molar-refractivity contribution in [2.45, 2.75) is 11.9 Å². The van der Waals surface area contributed by atoms with Crippen LogP contribution in [0.1, 0.15) is 6.92 Å². The molecule has 3 heterocycles. The molecule has 4 rings (SSSR count). The molecule has 132 valence electrons. The van der Waals surface area contributed by atoms with Crippen molar-refractivity contribution in [1.29, 1.82) is 0 Å². The van der Waals surface area contributed by atoms with E-state index < -0.39 is 0 Å². The van der Waals surface area contributed by atoms with Gasteiger partial charge >= 0.3 is 0 Å². The lowest BCUT2D eigenvalue weighted by Crippen LogP contribution is -2.32. The van der Waals surface area contributed by atoms with Gasteiger partial charge in [-0.3, -0.25) is 14.4 Å². The lowest BCUT2D eigenvalue weighted by Gasteiger charge is -2.17. The van der Waals surface area contributed by atoms with Crippen LogP contribution in [0, 0.1) is 0 Å². The number of rotatable bonds is 5. The fourth-order valence-corrected chi connectivity index (χ4v) is 4.54. The summed E-state index contributed by atoms with van der Waals surface area (Å²) in [4.78, 5) is 27.6. The van der Waals surface area contributed by atoms with E-state index in [1.807, 2.05) is 38.2 Å². The number of thiazole rings is 1. The van der Waals surface area contributed by atoms with Gasteiger partial charge in [0.1, 0.15) is 11.4 Å². The first-order valence-electron chi connectivity index (χ1n) is 8.09. The normalized spacial score (nSPS) is 11.3. The molecule has 0 bridgehead atoms. The lowest BCUT2D eigenvalue weighted by molar-refractivity contribution is -0.116. The molecule has 26 heavy (non-hydrogen) atoms. The third-order valence-electron chi connectivity index (χ3n) is 3.96. The summed E-state index contributed by atoms with van der Waals surface area (Å²) < 4.78 is 2.77. The number of hydrogen-bond donors (Lipinski definition) is 0. The second-order valence-electron chi connectivity index (χ2n) is 5.58. The highest BCUT2D eigenvalue weighted by Gasteiger charge is 2.19. The van der Waals surface area contributed by atoms with Crippen molar-refractivity contribution < 1.29 is 4.79 Å². The van der Waals surface area contributed by atoms with Crippen LogP contribution in [0.2, 0.25) is 0 Å². The predicted molar refractivity (Wildman–Crippen MR) is 105 cm³/mol. The summed E-state index contributed by atoms with van der Waals surface area (Å²) in [6.07, 6.45) is 3.23. The van der Waals surface area contributed by atoms with Gasteiger partial charge in [-0.1, -0.05) is 35.2 Å². The predicted octanol–water partition coefficient (Wildman–Crippen LogP) is 3.12. The Bertz CT molecular complexity index is 1060. The summed E-state index contributed by atoms with van der Waals surface area (Å²) in [5.41, 5.74) is 1.67. The van der Waals surface area contributed by atoms with Gasteiger partial charge in [0.15, 0.2) is 10.8 Å². The van der Waals surface area contributed by atoms with E-state index >= 15 is 0 Å². The van der Waals surface area contributed by atoms with Crippen molar-refractivity contribution in [3.8, 4) is 0 Å². The number of aromatic nitrogens is 5. The Morgan fingerprint density at radius 2 is 2.15 bits per heavy atom. The van der Waals surface area contributed by atoms with E-state index in [2.05, 4.69) is 20.1 Å². The van der Waals surface area contributed by atoms with Gasteiger partial charge < -0.3 is 0 Å². The molecule has 0 atom stereocenters. The number of amides is 1. The van der Waals surface area contributed by atoms with Crippen LogP contribution >= 0.6 is 23.1 Å². The number of anilines is 1. The van der Waals surface area contributed by atoms with Gasteiger partial charge in [-0.25, -0.2) is 15.0 Å². The molecule has 1 aromatic carbocycles. The molecular weight excluding hydrogens is 368 g/mol. The second kappa shape index (κ2) is 7.00. The van der Waals surface area contributed by atoms with Crippen LogP contribution in [0.15, 0.2) is 41.8 Å². The van der Waals surface area contributed by atoms with Crippen molar-refractivity contribution in [3.63, 3.8) is 0 Å². The van der Waals surface area contributed by atoms with Crippen molar-refractivity contribution in [1.82, 2.24) is 24.7 Å². The highest BCUT2D eigenvalue weighted by Crippen LogP contribution is 2.30. The Balaban J connectivity index is 1.54. The van der Waals surface area contributed by atoms with E-state index in [1.54, 1.807) is 15.8 Å². The Kier molecular flexibility index (Phi) is 4.56. The number of nitrogens with zero attached hydrogens (tertiary/aromatic N) is 6. The topological polar surface area (TPSA) is 76.8 Å². The van der Waals surface area contributed by atoms with Gasteiger partial charge in [0.05, 0.1) is 27.6 Å². The Labute approximate surface area is 158 Å². The molecule has 3 aromatic heterocycles. The molecule has 0 unspecified atom stereocenters. The third-order valence-corrected chi connectivity index (χ3v) is 6.01. The number of para-hydroxylation sites is 1. The van der Waals surface area contributed by atoms with Gasteiger partial charge in [0.2, 0.25) is 5.91 Å². The molecule has 0 radical (unpaired) electrons. The van der Waals surface area contributed by atoms with Gasteiger partial charge in [0, 0.05) is 13.6 Å². The molecule has 0 N–H and O–H groups in total. The van der Waals surface area contributed by atoms with Gasteiger partial charge in [-0.15, -0.1) is 0 Å². The maximum absolute atomic E-state index is 12.8. The molecular formula is C17H16N6OS2. The number of aryl methyl sites for hydroxylation is 1. The van der Waals surface area contributed by atoms with E-state index in [-0.39, 0.29) is 11.7 Å². The zero-order valence-corrected chi connectivity index (χ0v) is 15.9. The van der Waals surface area contributed by atoms with Gasteiger partial charge in [-0.05, 0) is 19.1 Å². The first-order valence-corrected chi connectivity index (χ1v) is 9.89. The molecule has 9 heteroatoms. The molecule has 0 saturated carbocycles. The molecule has 4 aromatic rings. The summed E-state index contributed by atoms with van der Waals surface area (Å²) >= 11 is 2.93.